The first-order valence-electron chi connectivity index (χ1n) is 4.73. The van der Waals surface area contributed by atoms with Crippen LogP contribution in [-0.4, -0.2) is 4.98 Å². The highest BCUT2D eigenvalue weighted by Gasteiger charge is 2.09. The van der Waals surface area contributed by atoms with Gasteiger partial charge in [0, 0.05) is 16.6 Å². The van der Waals surface area contributed by atoms with Crippen molar-refractivity contribution in [2.24, 2.45) is 0 Å². The molecular formula is C11H11FN2OS. The number of aromatic nitrogens is 1. The van der Waals surface area contributed by atoms with E-state index >= 15 is 0 Å². The van der Waals surface area contributed by atoms with E-state index in [1.54, 1.807) is 6.07 Å². The van der Waals surface area contributed by atoms with E-state index in [0.717, 1.165) is 10.6 Å². The number of ether oxygens (including phenoxy) is 1. The number of thiazole rings is 1. The molecule has 0 unspecified atom stereocenters. The summed E-state index contributed by atoms with van der Waals surface area (Å²) in [5, 5.41) is 0.443. The Hall–Kier alpha value is -1.62. The molecular weight excluding hydrogens is 227 g/mol. The van der Waals surface area contributed by atoms with Crippen molar-refractivity contribution in [3.8, 4) is 10.9 Å². The summed E-state index contributed by atoms with van der Waals surface area (Å²) in [5.74, 6) is -0.339. The number of benzene rings is 1. The first-order valence-corrected chi connectivity index (χ1v) is 5.55. The average Bonchev–Trinajstić information content (AvgIpc) is 2.51. The summed E-state index contributed by atoms with van der Waals surface area (Å²) >= 11 is 1.39. The number of aryl methyl sites for hydroxylation is 2. The highest BCUT2D eigenvalue weighted by Crippen LogP contribution is 2.30. The number of hydrogen-bond donors (Lipinski definition) is 1. The van der Waals surface area contributed by atoms with Crippen LogP contribution >= 0.6 is 11.3 Å². The third kappa shape index (κ3) is 2.14. The van der Waals surface area contributed by atoms with Crippen molar-refractivity contribution >= 4 is 17.0 Å². The van der Waals surface area contributed by atoms with E-state index in [2.05, 4.69) is 4.98 Å². The van der Waals surface area contributed by atoms with E-state index in [-0.39, 0.29) is 5.75 Å². The fourth-order valence-corrected chi connectivity index (χ4v) is 1.95. The van der Waals surface area contributed by atoms with E-state index in [0.29, 0.717) is 10.9 Å². The third-order valence-corrected chi connectivity index (χ3v) is 3.11. The summed E-state index contributed by atoms with van der Waals surface area (Å²) < 4.78 is 18.8. The summed E-state index contributed by atoms with van der Waals surface area (Å²) in [6.07, 6.45) is 0. The van der Waals surface area contributed by atoms with E-state index in [1.807, 2.05) is 13.8 Å². The van der Waals surface area contributed by atoms with Gasteiger partial charge in [-0.25, -0.2) is 9.37 Å². The van der Waals surface area contributed by atoms with Gasteiger partial charge in [0.25, 0.3) is 5.19 Å². The van der Waals surface area contributed by atoms with Gasteiger partial charge in [-0.3, -0.25) is 0 Å². The van der Waals surface area contributed by atoms with Crippen LogP contribution in [0.5, 0.6) is 10.9 Å². The van der Waals surface area contributed by atoms with Gasteiger partial charge in [-0.2, -0.15) is 0 Å². The second-order valence-corrected chi connectivity index (χ2v) is 4.58. The zero-order valence-corrected chi connectivity index (χ0v) is 9.77. The molecule has 1 aromatic heterocycles. The van der Waals surface area contributed by atoms with E-state index < -0.39 is 5.82 Å². The van der Waals surface area contributed by atoms with Gasteiger partial charge in [0.1, 0.15) is 0 Å². The van der Waals surface area contributed by atoms with Crippen LogP contribution in [-0.2, 0) is 0 Å². The minimum absolute atomic E-state index is 0.142. The molecule has 84 valence electrons. The Morgan fingerprint density at radius 2 is 2.12 bits per heavy atom. The van der Waals surface area contributed by atoms with Crippen molar-refractivity contribution < 1.29 is 9.13 Å². The lowest BCUT2D eigenvalue weighted by Gasteiger charge is -2.03. The number of halogens is 1. The third-order valence-electron chi connectivity index (χ3n) is 2.16. The van der Waals surface area contributed by atoms with Crippen LogP contribution in [0.4, 0.5) is 10.1 Å². The summed E-state index contributed by atoms with van der Waals surface area (Å²) in [6, 6.07) is 4.31. The van der Waals surface area contributed by atoms with Crippen LogP contribution in [0.15, 0.2) is 18.2 Å². The number of nitrogens with zero attached hydrogens (tertiary/aromatic N) is 1. The molecule has 0 spiro atoms. The maximum absolute atomic E-state index is 13.4. The summed E-state index contributed by atoms with van der Waals surface area (Å²) in [5.41, 5.74) is 6.71. The maximum Gasteiger partial charge on any atom is 0.279 e. The van der Waals surface area contributed by atoms with Crippen LogP contribution in [0.2, 0.25) is 0 Å². The van der Waals surface area contributed by atoms with Crippen molar-refractivity contribution in [2.75, 3.05) is 5.73 Å². The normalized spacial score (nSPS) is 10.4. The first kappa shape index (κ1) is 10.9. The number of anilines is 1. The lowest BCUT2D eigenvalue weighted by atomic mass is 10.3. The van der Waals surface area contributed by atoms with Crippen LogP contribution in [0.25, 0.3) is 0 Å². The quantitative estimate of drug-likeness (QED) is 0.817. The van der Waals surface area contributed by atoms with Crippen LogP contribution in [0.3, 0.4) is 0 Å². The van der Waals surface area contributed by atoms with Crippen molar-refractivity contribution in [1.82, 2.24) is 4.98 Å². The Morgan fingerprint density at radius 1 is 1.38 bits per heavy atom. The summed E-state index contributed by atoms with van der Waals surface area (Å²) in [7, 11) is 0. The Balaban J connectivity index is 2.27. The Bertz CT molecular complexity index is 505. The zero-order chi connectivity index (χ0) is 11.7. The minimum atomic E-state index is -0.481. The molecule has 0 fully saturated rings. The maximum atomic E-state index is 13.4. The smallest absolute Gasteiger partial charge is 0.279 e. The second kappa shape index (κ2) is 4.09. The molecule has 0 aliphatic heterocycles. The molecule has 0 saturated heterocycles. The topological polar surface area (TPSA) is 48.1 Å². The summed E-state index contributed by atoms with van der Waals surface area (Å²) in [6.45, 7) is 3.83. The van der Waals surface area contributed by atoms with Crippen LogP contribution < -0.4 is 10.5 Å². The first-order chi connectivity index (χ1) is 7.56. The van der Waals surface area contributed by atoms with Crippen molar-refractivity contribution in [3.05, 3.63) is 34.6 Å². The van der Waals surface area contributed by atoms with Gasteiger partial charge < -0.3 is 10.5 Å². The molecule has 5 heteroatoms. The molecule has 0 amide bonds. The van der Waals surface area contributed by atoms with Crippen molar-refractivity contribution in [1.29, 1.82) is 0 Å². The SMILES string of the molecule is Cc1nc(Oc2ccc(N)cc2F)sc1C. The van der Waals surface area contributed by atoms with Gasteiger partial charge in [-0.1, -0.05) is 11.3 Å². The molecule has 1 heterocycles. The number of hydrogen-bond acceptors (Lipinski definition) is 4. The highest BCUT2D eigenvalue weighted by atomic mass is 32.1. The molecule has 2 aromatic rings. The van der Waals surface area contributed by atoms with E-state index in [4.69, 9.17) is 10.5 Å². The average molecular weight is 238 g/mol. The van der Waals surface area contributed by atoms with Crippen molar-refractivity contribution in [2.45, 2.75) is 13.8 Å². The Kier molecular flexibility index (Phi) is 2.78. The predicted octanol–water partition coefficient (Wildman–Crippen LogP) is 3.27. The molecule has 0 saturated carbocycles. The number of nitrogens with two attached hydrogens (primary N) is 1. The lowest BCUT2D eigenvalue weighted by molar-refractivity contribution is 0.439. The monoisotopic (exact) mass is 238 g/mol. The second-order valence-electron chi connectivity index (χ2n) is 3.41. The van der Waals surface area contributed by atoms with E-state index in [9.17, 15) is 4.39 Å². The van der Waals surface area contributed by atoms with Crippen molar-refractivity contribution in [3.63, 3.8) is 0 Å². The van der Waals surface area contributed by atoms with Gasteiger partial charge in [0.2, 0.25) is 0 Å². The fourth-order valence-electron chi connectivity index (χ4n) is 1.18. The van der Waals surface area contributed by atoms with Crippen LogP contribution in [0.1, 0.15) is 10.6 Å². The van der Waals surface area contributed by atoms with Gasteiger partial charge in [0.05, 0.1) is 5.69 Å². The van der Waals surface area contributed by atoms with Gasteiger partial charge in [-0.05, 0) is 26.0 Å². The zero-order valence-electron chi connectivity index (χ0n) is 8.95. The Labute approximate surface area is 96.7 Å². The largest absolute Gasteiger partial charge is 0.428 e. The standard InChI is InChI=1S/C11H11FN2OS/c1-6-7(2)16-11(14-6)15-10-4-3-8(13)5-9(10)12/h3-5H,13H2,1-2H3. The molecule has 0 aliphatic carbocycles. The fraction of sp³-hybridized carbons (Fsp3) is 0.182. The molecule has 16 heavy (non-hydrogen) atoms. The number of rotatable bonds is 2. The molecule has 2 rings (SSSR count). The molecule has 0 bridgehead atoms. The predicted molar refractivity (Wildman–Crippen MR) is 62.5 cm³/mol. The summed E-state index contributed by atoms with van der Waals surface area (Å²) in [4.78, 5) is 5.23. The van der Waals surface area contributed by atoms with Gasteiger partial charge in [0.15, 0.2) is 11.6 Å². The van der Waals surface area contributed by atoms with Crippen LogP contribution in [0, 0.1) is 19.7 Å². The minimum Gasteiger partial charge on any atom is -0.428 e. The lowest BCUT2D eigenvalue weighted by Crippen LogP contribution is -1.91. The molecule has 0 aliphatic rings. The molecule has 0 radical (unpaired) electrons. The molecule has 2 N–H and O–H groups in total. The molecule has 3 nitrogen and oxygen atoms in total. The molecule has 0 atom stereocenters. The van der Waals surface area contributed by atoms with Gasteiger partial charge in [-0.15, -0.1) is 0 Å². The van der Waals surface area contributed by atoms with Gasteiger partial charge >= 0.3 is 0 Å². The highest BCUT2D eigenvalue weighted by molar-refractivity contribution is 7.13. The Morgan fingerprint density at radius 3 is 2.69 bits per heavy atom. The van der Waals surface area contributed by atoms with E-state index in [1.165, 1.54) is 23.5 Å². The number of nitrogen functional groups attached to an aromatic ring is 1. The molecule has 1 aromatic carbocycles.